The third-order valence-electron chi connectivity index (χ3n) is 3.65. The molecule has 0 bridgehead atoms. The summed E-state index contributed by atoms with van der Waals surface area (Å²) in [4.78, 5) is 0.00651. The Morgan fingerprint density at radius 2 is 2.24 bits per heavy atom. The first-order valence-electron chi connectivity index (χ1n) is 7.35. The number of sulfonamides is 1. The number of rotatable bonds is 7. The number of aromatic nitrogens is 2. The van der Waals surface area contributed by atoms with Gasteiger partial charge in [0.1, 0.15) is 10.6 Å². The van der Waals surface area contributed by atoms with Gasteiger partial charge < -0.3 is 4.74 Å². The van der Waals surface area contributed by atoms with Gasteiger partial charge in [0.05, 0.1) is 13.2 Å². The largest absolute Gasteiger partial charge is 0.495 e. The van der Waals surface area contributed by atoms with E-state index in [9.17, 15) is 8.42 Å². The van der Waals surface area contributed by atoms with Crippen LogP contribution in [0, 0.1) is 0 Å². The topological polar surface area (TPSA) is 73.2 Å². The number of benzene rings is 1. The molecule has 9 heteroatoms. The molecular weight excluding hydrogens is 382 g/mol. The lowest BCUT2D eigenvalue weighted by Gasteiger charge is -2.18. The molecule has 6 nitrogen and oxygen atoms in total. The summed E-state index contributed by atoms with van der Waals surface area (Å²) < 4.78 is 35.0. The maximum absolute atomic E-state index is 12.7. The van der Waals surface area contributed by atoms with Gasteiger partial charge in [0.2, 0.25) is 10.0 Å². The van der Waals surface area contributed by atoms with Crippen molar-refractivity contribution in [1.29, 1.82) is 0 Å². The van der Waals surface area contributed by atoms with Gasteiger partial charge in [-0.1, -0.05) is 11.6 Å². The summed E-state index contributed by atoms with van der Waals surface area (Å²) in [6, 6.07) is 7.98. The summed E-state index contributed by atoms with van der Waals surface area (Å²) >= 11 is 7.49. The summed E-state index contributed by atoms with van der Waals surface area (Å²) in [7, 11) is -2.38. The van der Waals surface area contributed by atoms with E-state index in [2.05, 4.69) is 9.82 Å². The smallest absolute Gasteiger partial charge is 0.244 e. The van der Waals surface area contributed by atoms with Crippen LogP contribution in [-0.2, 0) is 10.0 Å². The van der Waals surface area contributed by atoms with E-state index in [0.29, 0.717) is 5.02 Å². The number of thiophene rings is 1. The zero-order valence-electron chi connectivity index (χ0n) is 13.3. The van der Waals surface area contributed by atoms with Crippen LogP contribution in [0.2, 0.25) is 5.02 Å². The lowest BCUT2D eigenvalue weighted by Crippen LogP contribution is -2.31. The molecule has 1 aromatic carbocycles. The highest BCUT2D eigenvalue weighted by atomic mass is 35.5. The van der Waals surface area contributed by atoms with E-state index in [1.165, 1.54) is 19.2 Å². The van der Waals surface area contributed by atoms with E-state index in [-0.39, 0.29) is 23.2 Å². The molecule has 132 valence electrons. The molecule has 2 aromatic heterocycles. The highest BCUT2D eigenvalue weighted by Gasteiger charge is 2.23. The van der Waals surface area contributed by atoms with Crippen molar-refractivity contribution >= 4 is 33.0 Å². The predicted octanol–water partition coefficient (Wildman–Crippen LogP) is 3.17. The van der Waals surface area contributed by atoms with Crippen LogP contribution in [-0.4, -0.2) is 31.9 Å². The summed E-state index contributed by atoms with van der Waals surface area (Å²) in [5.74, 6) is 0.239. The average Bonchev–Trinajstić information content (AvgIpc) is 3.29. The van der Waals surface area contributed by atoms with Crippen molar-refractivity contribution in [2.24, 2.45) is 0 Å². The number of nitrogens with one attached hydrogen (secondary N) is 1. The Balaban J connectivity index is 1.87. The molecule has 3 aromatic rings. The molecule has 0 saturated carbocycles. The van der Waals surface area contributed by atoms with Gasteiger partial charge in [0, 0.05) is 24.0 Å². The zero-order valence-corrected chi connectivity index (χ0v) is 15.7. The maximum Gasteiger partial charge on any atom is 0.244 e. The fourth-order valence-corrected chi connectivity index (χ4v) is 4.60. The van der Waals surface area contributed by atoms with Crippen LogP contribution in [0.15, 0.2) is 58.4 Å². The second-order valence-electron chi connectivity index (χ2n) is 5.21. The summed E-state index contributed by atoms with van der Waals surface area (Å²) in [5, 5.41) is 8.47. The van der Waals surface area contributed by atoms with E-state index in [4.69, 9.17) is 16.3 Å². The van der Waals surface area contributed by atoms with Crippen molar-refractivity contribution < 1.29 is 13.2 Å². The van der Waals surface area contributed by atoms with Gasteiger partial charge >= 0.3 is 0 Å². The summed E-state index contributed by atoms with van der Waals surface area (Å²) in [6.07, 6.45) is 3.46. The summed E-state index contributed by atoms with van der Waals surface area (Å²) in [5.41, 5.74) is 0.981. The third-order valence-corrected chi connectivity index (χ3v) is 6.04. The highest BCUT2D eigenvalue weighted by Crippen LogP contribution is 2.27. The molecule has 1 atom stereocenters. The number of halogens is 1. The Morgan fingerprint density at radius 1 is 1.40 bits per heavy atom. The monoisotopic (exact) mass is 397 g/mol. The second kappa shape index (κ2) is 7.57. The molecule has 0 radical (unpaired) electrons. The van der Waals surface area contributed by atoms with Gasteiger partial charge in [-0.25, -0.2) is 13.1 Å². The van der Waals surface area contributed by atoms with E-state index < -0.39 is 10.0 Å². The standard InChI is InChI=1S/C16H16ClN3O3S2/c1-23-15-4-3-13(17)9-16(15)25(21,22)19-10-14(12-5-8-24-11-12)20-7-2-6-18-20/h2-9,11,14,19H,10H2,1H3/t14-/m0/s1. The highest BCUT2D eigenvalue weighted by molar-refractivity contribution is 7.89. The van der Waals surface area contributed by atoms with Crippen LogP contribution in [0.3, 0.4) is 0 Å². The Labute approximate surface area is 155 Å². The van der Waals surface area contributed by atoms with Crippen LogP contribution >= 0.6 is 22.9 Å². The maximum atomic E-state index is 12.7. The van der Waals surface area contributed by atoms with Crippen LogP contribution in [0.5, 0.6) is 5.75 Å². The average molecular weight is 398 g/mol. The van der Waals surface area contributed by atoms with Gasteiger partial charge in [-0.05, 0) is 46.7 Å². The van der Waals surface area contributed by atoms with Gasteiger partial charge in [-0.2, -0.15) is 16.4 Å². The molecule has 25 heavy (non-hydrogen) atoms. The van der Waals surface area contributed by atoms with E-state index >= 15 is 0 Å². The molecule has 0 spiro atoms. The zero-order chi connectivity index (χ0) is 17.9. The molecule has 2 heterocycles. The SMILES string of the molecule is COc1ccc(Cl)cc1S(=O)(=O)NC[C@@H](c1ccsc1)n1cccn1. The van der Waals surface area contributed by atoms with Crippen LogP contribution in [0.1, 0.15) is 11.6 Å². The third kappa shape index (κ3) is 4.04. The number of hydrogen-bond donors (Lipinski definition) is 1. The Morgan fingerprint density at radius 3 is 2.88 bits per heavy atom. The minimum atomic E-state index is -3.80. The van der Waals surface area contributed by atoms with Crippen molar-refractivity contribution in [2.75, 3.05) is 13.7 Å². The molecule has 0 aliphatic heterocycles. The summed E-state index contributed by atoms with van der Waals surface area (Å²) in [6.45, 7) is 0.149. The first-order valence-corrected chi connectivity index (χ1v) is 10.2. The van der Waals surface area contributed by atoms with Gasteiger partial charge in [-0.3, -0.25) is 4.68 Å². The molecule has 0 saturated heterocycles. The molecule has 0 aliphatic carbocycles. The molecule has 0 amide bonds. The molecule has 3 rings (SSSR count). The fourth-order valence-electron chi connectivity index (χ4n) is 2.42. The second-order valence-corrected chi connectivity index (χ2v) is 8.16. The van der Waals surface area contributed by atoms with E-state index in [1.54, 1.807) is 40.5 Å². The van der Waals surface area contributed by atoms with Gasteiger partial charge in [-0.15, -0.1) is 0 Å². The molecule has 0 fully saturated rings. The molecular formula is C16H16ClN3O3S2. The van der Waals surface area contributed by atoms with Gasteiger partial charge in [0.25, 0.3) is 0 Å². The number of hydrogen-bond acceptors (Lipinski definition) is 5. The number of ether oxygens (including phenoxy) is 1. The van der Waals surface area contributed by atoms with E-state index in [0.717, 1.165) is 5.56 Å². The Bertz CT molecular complexity index is 891. The first kappa shape index (κ1) is 17.9. The van der Waals surface area contributed by atoms with Crippen molar-refractivity contribution in [3.8, 4) is 5.75 Å². The van der Waals surface area contributed by atoms with Crippen molar-refractivity contribution in [1.82, 2.24) is 14.5 Å². The Kier molecular flexibility index (Phi) is 5.43. The molecule has 1 N–H and O–H groups in total. The fraction of sp³-hybridized carbons (Fsp3) is 0.188. The lowest BCUT2D eigenvalue weighted by molar-refractivity contribution is 0.402. The minimum Gasteiger partial charge on any atom is -0.495 e. The number of nitrogens with zero attached hydrogens (tertiary/aromatic N) is 2. The van der Waals surface area contributed by atoms with Crippen LogP contribution in [0.25, 0.3) is 0 Å². The lowest BCUT2D eigenvalue weighted by atomic mass is 10.1. The van der Waals surface area contributed by atoms with Crippen molar-refractivity contribution in [3.63, 3.8) is 0 Å². The first-order chi connectivity index (χ1) is 12.0. The van der Waals surface area contributed by atoms with Crippen molar-refractivity contribution in [3.05, 3.63) is 64.1 Å². The van der Waals surface area contributed by atoms with Crippen LogP contribution < -0.4 is 9.46 Å². The number of methoxy groups -OCH3 is 1. The normalized spacial score (nSPS) is 12.9. The van der Waals surface area contributed by atoms with Crippen LogP contribution in [0.4, 0.5) is 0 Å². The van der Waals surface area contributed by atoms with Gasteiger partial charge in [0.15, 0.2) is 0 Å². The molecule has 0 unspecified atom stereocenters. The Hall–Kier alpha value is -1.87. The molecule has 0 aliphatic rings. The van der Waals surface area contributed by atoms with Crippen molar-refractivity contribution in [2.45, 2.75) is 10.9 Å². The quantitative estimate of drug-likeness (QED) is 0.664. The predicted molar refractivity (Wildman–Crippen MR) is 97.9 cm³/mol. The minimum absolute atomic E-state index is 0.00651. The van der Waals surface area contributed by atoms with E-state index in [1.807, 2.05) is 16.8 Å².